The van der Waals surface area contributed by atoms with Crippen molar-refractivity contribution in [3.63, 3.8) is 0 Å². The van der Waals surface area contributed by atoms with Gasteiger partial charge in [-0.2, -0.15) is 0 Å². The van der Waals surface area contributed by atoms with Gasteiger partial charge in [0.1, 0.15) is 0 Å². The number of benzene rings is 1. The first kappa shape index (κ1) is 14.0. The lowest BCUT2D eigenvalue weighted by Crippen LogP contribution is -2.29. The molecule has 0 aliphatic carbocycles. The van der Waals surface area contributed by atoms with Crippen molar-refractivity contribution < 1.29 is 9.90 Å². The zero-order valence-corrected chi connectivity index (χ0v) is 12.5. The summed E-state index contributed by atoms with van der Waals surface area (Å²) in [7, 11) is 0. The van der Waals surface area contributed by atoms with E-state index >= 15 is 0 Å². The van der Waals surface area contributed by atoms with Crippen molar-refractivity contribution in [3.8, 4) is 0 Å². The molecule has 0 unspecified atom stereocenters. The van der Waals surface area contributed by atoms with E-state index in [-0.39, 0.29) is 0 Å². The Morgan fingerprint density at radius 3 is 3.14 bits per heavy atom. The number of carboxylic acid groups (broad SMARTS) is 1. The molecule has 108 valence electrons. The van der Waals surface area contributed by atoms with Crippen LogP contribution in [0, 0.1) is 0 Å². The molecule has 3 rings (SSSR count). The maximum atomic E-state index is 10.6. The molecule has 0 saturated heterocycles. The Morgan fingerprint density at radius 2 is 2.29 bits per heavy atom. The summed E-state index contributed by atoms with van der Waals surface area (Å²) < 4.78 is 0. The van der Waals surface area contributed by atoms with Crippen LogP contribution in [0.3, 0.4) is 0 Å². The summed E-state index contributed by atoms with van der Waals surface area (Å²) >= 11 is 1.85. The van der Waals surface area contributed by atoms with Gasteiger partial charge in [-0.1, -0.05) is 24.3 Å². The summed E-state index contributed by atoms with van der Waals surface area (Å²) in [4.78, 5) is 14.5. The van der Waals surface area contributed by atoms with Gasteiger partial charge in [0.05, 0.1) is 0 Å². The fourth-order valence-electron chi connectivity index (χ4n) is 2.66. The van der Waals surface area contributed by atoms with Crippen LogP contribution in [0.2, 0.25) is 0 Å². The number of nitrogens with zero attached hydrogens (tertiary/aromatic N) is 1. The molecule has 2 heterocycles. The van der Waals surface area contributed by atoms with E-state index in [9.17, 15) is 4.79 Å². The molecule has 0 fully saturated rings. The van der Waals surface area contributed by atoms with Crippen LogP contribution in [-0.2, 0) is 24.3 Å². The SMILES string of the molecule is O=C(O)C=Cc1cccc(CN2CCc3sccc3C2)c1. The number of fused-ring (bicyclic) bond motifs is 1. The monoisotopic (exact) mass is 299 g/mol. The largest absolute Gasteiger partial charge is 0.478 e. The first-order chi connectivity index (χ1) is 10.2. The van der Waals surface area contributed by atoms with E-state index < -0.39 is 5.97 Å². The Morgan fingerprint density at radius 1 is 1.38 bits per heavy atom. The molecule has 1 aliphatic rings. The molecular formula is C17H17NO2S. The Kier molecular flexibility index (Phi) is 4.18. The third-order valence-electron chi connectivity index (χ3n) is 3.66. The fourth-order valence-corrected chi connectivity index (χ4v) is 3.55. The molecular weight excluding hydrogens is 282 g/mol. The molecule has 0 saturated carbocycles. The molecule has 0 bridgehead atoms. The second-order valence-corrected chi connectivity index (χ2v) is 6.25. The third-order valence-corrected chi connectivity index (χ3v) is 4.69. The molecule has 2 aromatic rings. The first-order valence-corrected chi connectivity index (χ1v) is 7.86. The lowest BCUT2D eigenvalue weighted by Gasteiger charge is -2.26. The summed E-state index contributed by atoms with van der Waals surface area (Å²) in [5.41, 5.74) is 3.61. The summed E-state index contributed by atoms with van der Waals surface area (Å²) in [5, 5.41) is 10.9. The van der Waals surface area contributed by atoms with Gasteiger partial charge in [0, 0.05) is 30.6 Å². The van der Waals surface area contributed by atoms with Gasteiger partial charge in [0.25, 0.3) is 0 Å². The molecule has 21 heavy (non-hydrogen) atoms. The Hall–Kier alpha value is -1.91. The van der Waals surface area contributed by atoms with Gasteiger partial charge in [-0.15, -0.1) is 11.3 Å². The van der Waals surface area contributed by atoms with Crippen LogP contribution in [0.25, 0.3) is 6.08 Å². The molecule has 0 amide bonds. The van der Waals surface area contributed by atoms with Gasteiger partial charge in [-0.05, 0) is 40.6 Å². The van der Waals surface area contributed by atoms with E-state index in [1.807, 2.05) is 23.5 Å². The average Bonchev–Trinajstić information content (AvgIpc) is 2.93. The number of carboxylic acids is 1. The van der Waals surface area contributed by atoms with Crippen molar-refractivity contribution >= 4 is 23.4 Å². The summed E-state index contributed by atoms with van der Waals surface area (Å²) in [6, 6.07) is 10.3. The lowest BCUT2D eigenvalue weighted by atomic mass is 10.1. The number of carbonyl (C=O) groups is 1. The van der Waals surface area contributed by atoms with Gasteiger partial charge in [-0.3, -0.25) is 4.90 Å². The maximum Gasteiger partial charge on any atom is 0.328 e. The number of hydrogen-bond acceptors (Lipinski definition) is 3. The van der Waals surface area contributed by atoms with Crippen molar-refractivity contribution in [1.82, 2.24) is 4.90 Å². The second-order valence-electron chi connectivity index (χ2n) is 5.25. The highest BCUT2D eigenvalue weighted by molar-refractivity contribution is 7.10. The first-order valence-electron chi connectivity index (χ1n) is 6.98. The van der Waals surface area contributed by atoms with Crippen LogP contribution in [0.5, 0.6) is 0 Å². The van der Waals surface area contributed by atoms with Crippen molar-refractivity contribution in [2.45, 2.75) is 19.5 Å². The van der Waals surface area contributed by atoms with Gasteiger partial charge >= 0.3 is 5.97 Å². The predicted molar refractivity (Wildman–Crippen MR) is 85.2 cm³/mol. The van der Waals surface area contributed by atoms with Crippen LogP contribution in [0.1, 0.15) is 21.6 Å². The smallest absolute Gasteiger partial charge is 0.328 e. The quantitative estimate of drug-likeness (QED) is 0.880. The second kappa shape index (κ2) is 6.24. The number of rotatable bonds is 4. The van der Waals surface area contributed by atoms with Gasteiger partial charge in [-0.25, -0.2) is 4.79 Å². The molecule has 0 radical (unpaired) electrons. The van der Waals surface area contributed by atoms with E-state index in [4.69, 9.17) is 5.11 Å². The lowest BCUT2D eigenvalue weighted by molar-refractivity contribution is -0.131. The van der Waals surface area contributed by atoms with Crippen LogP contribution in [-0.4, -0.2) is 22.5 Å². The minimum absolute atomic E-state index is 0.907. The van der Waals surface area contributed by atoms with E-state index in [1.54, 1.807) is 6.08 Å². The average molecular weight is 299 g/mol. The molecule has 3 nitrogen and oxygen atoms in total. The molecule has 0 atom stereocenters. The van der Waals surface area contributed by atoms with Crippen LogP contribution < -0.4 is 0 Å². The Labute approximate surface area is 128 Å². The molecule has 4 heteroatoms. The summed E-state index contributed by atoms with van der Waals surface area (Å²) in [5.74, 6) is -0.915. The van der Waals surface area contributed by atoms with Gasteiger partial charge < -0.3 is 5.11 Å². The standard InChI is InChI=1S/C17H17NO2S/c19-17(20)5-4-13-2-1-3-14(10-13)11-18-8-6-16-15(12-18)7-9-21-16/h1-5,7,9-10H,6,8,11-12H2,(H,19,20). The Bertz CT molecular complexity index is 675. The molecule has 1 aromatic carbocycles. The van der Waals surface area contributed by atoms with Crippen molar-refractivity contribution in [1.29, 1.82) is 0 Å². The molecule has 1 N–H and O–H groups in total. The normalized spacial score (nSPS) is 15.2. The zero-order valence-electron chi connectivity index (χ0n) is 11.7. The van der Waals surface area contributed by atoms with Gasteiger partial charge in [0.15, 0.2) is 0 Å². The Balaban J connectivity index is 1.68. The van der Waals surface area contributed by atoms with Crippen molar-refractivity contribution in [2.75, 3.05) is 6.54 Å². The molecule has 1 aromatic heterocycles. The number of thiophene rings is 1. The van der Waals surface area contributed by atoms with Crippen LogP contribution in [0.15, 0.2) is 41.8 Å². The van der Waals surface area contributed by atoms with Crippen molar-refractivity contribution in [3.05, 3.63) is 63.4 Å². The summed E-state index contributed by atoms with van der Waals surface area (Å²) in [6.07, 6.45) is 3.95. The third kappa shape index (κ3) is 3.60. The van der Waals surface area contributed by atoms with Crippen molar-refractivity contribution in [2.24, 2.45) is 0 Å². The summed E-state index contributed by atoms with van der Waals surface area (Å²) in [6.45, 7) is 3.00. The fraction of sp³-hybridized carbons (Fsp3) is 0.235. The topological polar surface area (TPSA) is 40.5 Å². The van der Waals surface area contributed by atoms with Crippen LogP contribution in [0.4, 0.5) is 0 Å². The van der Waals surface area contributed by atoms with Gasteiger partial charge in [0.2, 0.25) is 0 Å². The minimum Gasteiger partial charge on any atom is -0.478 e. The van der Waals surface area contributed by atoms with E-state index in [2.05, 4.69) is 28.5 Å². The minimum atomic E-state index is -0.915. The van der Waals surface area contributed by atoms with E-state index in [0.717, 1.165) is 31.6 Å². The number of hydrogen-bond donors (Lipinski definition) is 1. The highest BCUT2D eigenvalue weighted by atomic mass is 32.1. The highest BCUT2D eigenvalue weighted by Gasteiger charge is 2.16. The van der Waals surface area contributed by atoms with Crippen LogP contribution >= 0.6 is 11.3 Å². The zero-order chi connectivity index (χ0) is 14.7. The predicted octanol–water partition coefficient (Wildman–Crippen LogP) is 3.40. The van der Waals surface area contributed by atoms with E-state index in [0.29, 0.717) is 0 Å². The highest BCUT2D eigenvalue weighted by Crippen LogP contribution is 2.25. The van der Waals surface area contributed by atoms with E-state index in [1.165, 1.54) is 22.1 Å². The number of aliphatic carboxylic acids is 1. The molecule has 0 spiro atoms. The maximum absolute atomic E-state index is 10.6. The molecule has 1 aliphatic heterocycles.